The fourth-order valence-electron chi connectivity index (χ4n) is 1.23. The lowest BCUT2D eigenvalue weighted by Crippen LogP contribution is -1.90. The summed E-state index contributed by atoms with van der Waals surface area (Å²) in [6.07, 6.45) is 12.8. The molecule has 0 rings (SSSR count). The predicted molar refractivity (Wildman–Crippen MR) is 59.1 cm³/mol. The van der Waals surface area contributed by atoms with E-state index in [1.54, 1.807) is 0 Å². The SMILES string of the molecule is CCCC/C=C/CCCCCOC=O. The van der Waals surface area contributed by atoms with Crippen molar-refractivity contribution < 1.29 is 9.53 Å². The lowest BCUT2D eigenvalue weighted by atomic mass is 10.1. The Morgan fingerprint density at radius 1 is 1.00 bits per heavy atom. The molecule has 14 heavy (non-hydrogen) atoms. The third kappa shape index (κ3) is 11.2. The van der Waals surface area contributed by atoms with E-state index in [1.165, 1.54) is 25.7 Å². The summed E-state index contributed by atoms with van der Waals surface area (Å²) in [7, 11) is 0. The van der Waals surface area contributed by atoms with Gasteiger partial charge in [0, 0.05) is 0 Å². The zero-order chi connectivity index (χ0) is 10.5. The summed E-state index contributed by atoms with van der Waals surface area (Å²) in [5, 5.41) is 0. The van der Waals surface area contributed by atoms with E-state index >= 15 is 0 Å². The minimum atomic E-state index is 0.519. The van der Waals surface area contributed by atoms with Crippen LogP contribution in [0.1, 0.15) is 51.9 Å². The van der Waals surface area contributed by atoms with Gasteiger partial charge < -0.3 is 4.74 Å². The number of ether oxygens (including phenoxy) is 1. The molecule has 2 nitrogen and oxygen atoms in total. The summed E-state index contributed by atoms with van der Waals surface area (Å²) in [4.78, 5) is 9.81. The van der Waals surface area contributed by atoms with Gasteiger partial charge in [-0.1, -0.05) is 31.9 Å². The van der Waals surface area contributed by atoms with Crippen LogP contribution < -0.4 is 0 Å². The second-order valence-electron chi connectivity index (χ2n) is 3.43. The van der Waals surface area contributed by atoms with Crippen LogP contribution in [0.5, 0.6) is 0 Å². The lowest BCUT2D eigenvalue weighted by Gasteiger charge is -1.97. The fourth-order valence-corrected chi connectivity index (χ4v) is 1.23. The second-order valence-corrected chi connectivity index (χ2v) is 3.43. The van der Waals surface area contributed by atoms with Crippen LogP contribution in [-0.4, -0.2) is 13.1 Å². The van der Waals surface area contributed by atoms with Crippen LogP contribution in [0.3, 0.4) is 0 Å². The van der Waals surface area contributed by atoms with Gasteiger partial charge in [-0.15, -0.1) is 0 Å². The molecular formula is C12H22O2. The maximum atomic E-state index is 9.81. The zero-order valence-electron chi connectivity index (χ0n) is 9.21. The molecule has 0 radical (unpaired) electrons. The Morgan fingerprint density at radius 2 is 1.71 bits per heavy atom. The van der Waals surface area contributed by atoms with Gasteiger partial charge in [0.25, 0.3) is 6.47 Å². The Kier molecular flexibility index (Phi) is 11.5. The topological polar surface area (TPSA) is 26.3 Å². The summed E-state index contributed by atoms with van der Waals surface area (Å²) >= 11 is 0. The van der Waals surface area contributed by atoms with Crippen molar-refractivity contribution in [3.63, 3.8) is 0 Å². The first-order chi connectivity index (χ1) is 6.91. The highest BCUT2D eigenvalue weighted by Gasteiger charge is 1.87. The molecule has 0 aromatic carbocycles. The first-order valence-electron chi connectivity index (χ1n) is 5.62. The van der Waals surface area contributed by atoms with E-state index in [9.17, 15) is 4.79 Å². The molecule has 0 saturated carbocycles. The Labute approximate surface area is 87.3 Å². The summed E-state index contributed by atoms with van der Waals surface area (Å²) in [6.45, 7) is 3.30. The Balaban J connectivity index is 2.97. The van der Waals surface area contributed by atoms with Gasteiger partial charge >= 0.3 is 0 Å². The molecule has 0 aliphatic carbocycles. The fraction of sp³-hybridized carbons (Fsp3) is 0.750. The van der Waals surface area contributed by atoms with Crippen LogP contribution >= 0.6 is 0 Å². The van der Waals surface area contributed by atoms with Gasteiger partial charge in [-0.25, -0.2) is 0 Å². The van der Waals surface area contributed by atoms with Gasteiger partial charge in [-0.3, -0.25) is 4.79 Å². The van der Waals surface area contributed by atoms with Gasteiger partial charge in [0.2, 0.25) is 0 Å². The van der Waals surface area contributed by atoms with Crippen LogP contribution in [-0.2, 0) is 9.53 Å². The van der Waals surface area contributed by atoms with Crippen LogP contribution in [0, 0.1) is 0 Å². The molecule has 0 N–H and O–H groups in total. The maximum Gasteiger partial charge on any atom is 0.293 e. The number of hydrogen-bond acceptors (Lipinski definition) is 2. The molecule has 0 aliphatic heterocycles. The number of rotatable bonds is 10. The van der Waals surface area contributed by atoms with Crippen molar-refractivity contribution in [2.75, 3.05) is 6.61 Å². The quantitative estimate of drug-likeness (QED) is 0.305. The lowest BCUT2D eigenvalue weighted by molar-refractivity contribution is -0.128. The van der Waals surface area contributed by atoms with E-state index in [0.29, 0.717) is 13.1 Å². The molecule has 0 unspecified atom stereocenters. The van der Waals surface area contributed by atoms with Crippen molar-refractivity contribution in [3.05, 3.63) is 12.2 Å². The van der Waals surface area contributed by atoms with Crippen molar-refractivity contribution in [3.8, 4) is 0 Å². The molecule has 0 aromatic heterocycles. The summed E-state index contributed by atoms with van der Waals surface area (Å²) < 4.78 is 4.59. The van der Waals surface area contributed by atoms with E-state index in [0.717, 1.165) is 19.3 Å². The molecule has 82 valence electrons. The van der Waals surface area contributed by atoms with Crippen molar-refractivity contribution >= 4 is 6.47 Å². The van der Waals surface area contributed by atoms with Crippen LogP contribution in [0.4, 0.5) is 0 Å². The molecular weight excluding hydrogens is 176 g/mol. The monoisotopic (exact) mass is 198 g/mol. The van der Waals surface area contributed by atoms with Gasteiger partial charge in [-0.2, -0.15) is 0 Å². The third-order valence-electron chi connectivity index (χ3n) is 2.09. The Bertz CT molecular complexity index is 141. The molecule has 0 fully saturated rings. The molecule has 0 spiro atoms. The number of carbonyl (C=O) groups excluding carboxylic acids is 1. The van der Waals surface area contributed by atoms with E-state index in [2.05, 4.69) is 23.8 Å². The number of allylic oxidation sites excluding steroid dienone is 2. The Morgan fingerprint density at radius 3 is 2.36 bits per heavy atom. The van der Waals surface area contributed by atoms with E-state index < -0.39 is 0 Å². The molecule has 0 heterocycles. The molecule has 0 atom stereocenters. The van der Waals surface area contributed by atoms with Crippen molar-refractivity contribution in [1.29, 1.82) is 0 Å². The first-order valence-corrected chi connectivity index (χ1v) is 5.62. The highest BCUT2D eigenvalue weighted by Crippen LogP contribution is 2.02. The molecule has 2 heteroatoms. The number of hydrogen-bond donors (Lipinski definition) is 0. The maximum absolute atomic E-state index is 9.81. The standard InChI is InChI=1S/C12H22O2/c1-2-3-4-5-6-7-8-9-10-11-14-12-13/h5-6,12H,2-4,7-11H2,1H3/b6-5+. The highest BCUT2D eigenvalue weighted by molar-refractivity contribution is 5.36. The summed E-state index contributed by atoms with van der Waals surface area (Å²) in [6, 6.07) is 0. The average Bonchev–Trinajstić information content (AvgIpc) is 2.21. The zero-order valence-corrected chi connectivity index (χ0v) is 9.21. The summed E-state index contributed by atoms with van der Waals surface area (Å²) in [5.41, 5.74) is 0. The molecule has 0 aromatic rings. The third-order valence-corrected chi connectivity index (χ3v) is 2.09. The minimum absolute atomic E-state index is 0.519. The van der Waals surface area contributed by atoms with Crippen molar-refractivity contribution in [2.45, 2.75) is 51.9 Å². The van der Waals surface area contributed by atoms with E-state index in [1.807, 2.05) is 0 Å². The van der Waals surface area contributed by atoms with Crippen LogP contribution in [0.15, 0.2) is 12.2 Å². The second kappa shape index (κ2) is 12.2. The van der Waals surface area contributed by atoms with E-state index in [4.69, 9.17) is 0 Å². The number of carbonyl (C=O) groups is 1. The van der Waals surface area contributed by atoms with Gasteiger partial charge in [-0.05, 0) is 32.1 Å². The van der Waals surface area contributed by atoms with Crippen molar-refractivity contribution in [1.82, 2.24) is 0 Å². The minimum Gasteiger partial charge on any atom is -0.468 e. The predicted octanol–water partition coefficient (Wildman–Crippen LogP) is 3.47. The summed E-state index contributed by atoms with van der Waals surface area (Å²) in [5.74, 6) is 0. The van der Waals surface area contributed by atoms with Gasteiger partial charge in [0.1, 0.15) is 0 Å². The molecule has 0 saturated heterocycles. The Hall–Kier alpha value is -0.790. The number of unbranched alkanes of at least 4 members (excludes halogenated alkanes) is 5. The van der Waals surface area contributed by atoms with Crippen LogP contribution in [0.25, 0.3) is 0 Å². The molecule has 0 bridgehead atoms. The average molecular weight is 198 g/mol. The first kappa shape index (κ1) is 13.2. The largest absolute Gasteiger partial charge is 0.468 e. The normalized spacial score (nSPS) is 10.6. The van der Waals surface area contributed by atoms with Gasteiger partial charge in [0.15, 0.2) is 0 Å². The highest BCUT2D eigenvalue weighted by atomic mass is 16.5. The molecule has 0 aliphatic rings. The smallest absolute Gasteiger partial charge is 0.293 e. The molecule has 0 amide bonds. The van der Waals surface area contributed by atoms with Crippen LogP contribution in [0.2, 0.25) is 0 Å². The van der Waals surface area contributed by atoms with Crippen molar-refractivity contribution in [2.24, 2.45) is 0 Å². The van der Waals surface area contributed by atoms with E-state index in [-0.39, 0.29) is 0 Å². The van der Waals surface area contributed by atoms with Gasteiger partial charge in [0.05, 0.1) is 6.61 Å².